The SMILES string of the molecule is CN(c1nc(CN)ccc1Cl)C1CC1. The standard InChI is InChI=1S/C10H14ClN3/c1-14(8-3-4-8)10-9(11)5-2-7(6-12)13-10/h2,5,8H,3-4,6,12H2,1H3. The number of nitrogens with zero attached hydrogens (tertiary/aromatic N) is 2. The van der Waals surface area contributed by atoms with Crippen LogP contribution in [0.15, 0.2) is 12.1 Å². The zero-order valence-electron chi connectivity index (χ0n) is 8.20. The molecule has 14 heavy (non-hydrogen) atoms. The Morgan fingerprint density at radius 1 is 1.57 bits per heavy atom. The number of aromatic nitrogens is 1. The van der Waals surface area contributed by atoms with Gasteiger partial charge in [0.25, 0.3) is 0 Å². The summed E-state index contributed by atoms with van der Waals surface area (Å²) in [6.07, 6.45) is 2.47. The maximum absolute atomic E-state index is 6.07. The molecule has 2 N–H and O–H groups in total. The van der Waals surface area contributed by atoms with Gasteiger partial charge in [0.15, 0.2) is 0 Å². The molecule has 0 aromatic carbocycles. The minimum atomic E-state index is 0.461. The molecule has 1 heterocycles. The Morgan fingerprint density at radius 3 is 2.86 bits per heavy atom. The fraction of sp³-hybridized carbons (Fsp3) is 0.500. The van der Waals surface area contributed by atoms with Crippen LogP contribution in [-0.2, 0) is 6.54 Å². The summed E-state index contributed by atoms with van der Waals surface area (Å²) in [7, 11) is 2.03. The molecule has 1 aromatic heterocycles. The van der Waals surface area contributed by atoms with E-state index in [1.165, 1.54) is 12.8 Å². The number of nitrogens with two attached hydrogens (primary N) is 1. The van der Waals surface area contributed by atoms with Crippen LogP contribution in [0.25, 0.3) is 0 Å². The Balaban J connectivity index is 2.29. The first-order valence-corrected chi connectivity index (χ1v) is 5.18. The quantitative estimate of drug-likeness (QED) is 0.829. The van der Waals surface area contributed by atoms with E-state index in [-0.39, 0.29) is 0 Å². The highest BCUT2D eigenvalue weighted by molar-refractivity contribution is 6.32. The second kappa shape index (κ2) is 3.75. The first-order chi connectivity index (χ1) is 6.72. The Labute approximate surface area is 88.9 Å². The number of rotatable bonds is 3. The fourth-order valence-corrected chi connectivity index (χ4v) is 1.70. The van der Waals surface area contributed by atoms with E-state index in [9.17, 15) is 0 Å². The summed E-state index contributed by atoms with van der Waals surface area (Å²) < 4.78 is 0. The number of anilines is 1. The molecule has 0 unspecified atom stereocenters. The monoisotopic (exact) mass is 211 g/mol. The van der Waals surface area contributed by atoms with Gasteiger partial charge in [-0.05, 0) is 25.0 Å². The highest BCUT2D eigenvalue weighted by Gasteiger charge is 2.28. The summed E-state index contributed by atoms with van der Waals surface area (Å²) in [5, 5.41) is 0.705. The van der Waals surface area contributed by atoms with Crippen molar-refractivity contribution in [3.63, 3.8) is 0 Å². The van der Waals surface area contributed by atoms with E-state index < -0.39 is 0 Å². The van der Waals surface area contributed by atoms with Crippen LogP contribution in [0.4, 0.5) is 5.82 Å². The molecule has 0 spiro atoms. The number of hydrogen-bond donors (Lipinski definition) is 1. The molecule has 4 heteroatoms. The zero-order chi connectivity index (χ0) is 10.1. The molecule has 3 nitrogen and oxygen atoms in total. The molecule has 2 rings (SSSR count). The summed E-state index contributed by atoms with van der Waals surface area (Å²) in [5.41, 5.74) is 6.42. The molecule has 0 saturated heterocycles. The van der Waals surface area contributed by atoms with Gasteiger partial charge in [0, 0.05) is 19.6 Å². The second-order valence-corrected chi connectivity index (χ2v) is 4.06. The molecule has 76 valence electrons. The van der Waals surface area contributed by atoms with Gasteiger partial charge in [-0.2, -0.15) is 0 Å². The number of halogens is 1. The lowest BCUT2D eigenvalue weighted by Crippen LogP contribution is -2.21. The third-order valence-electron chi connectivity index (χ3n) is 2.52. The molecule has 0 aliphatic heterocycles. The van der Waals surface area contributed by atoms with Crippen molar-refractivity contribution in [3.8, 4) is 0 Å². The maximum atomic E-state index is 6.07. The first kappa shape index (κ1) is 9.74. The van der Waals surface area contributed by atoms with E-state index in [0.29, 0.717) is 17.6 Å². The van der Waals surface area contributed by atoms with Crippen molar-refractivity contribution in [1.82, 2.24) is 4.98 Å². The molecular formula is C10H14ClN3. The van der Waals surface area contributed by atoms with Gasteiger partial charge in [-0.3, -0.25) is 0 Å². The fourth-order valence-electron chi connectivity index (χ4n) is 1.47. The Kier molecular flexibility index (Phi) is 2.61. The largest absolute Gasteiger partial charge is 0.355 e. The van der Waals surface area contributed by atoms with Crippen molar-refractivity contribution >= 4 is 17.4 Å². The van der Waals surface area contributed by atoms with Crippen molar-refractivity contribution in [2.45, 2.75) is 25.4 Å². The predicted molar refractivity (Wildman–Crippen MR) is 58.6 cm³/mol. The average molecular weight is 212 g/mol. The number of pyridine rings is 1. The lowest BCUT2D eigenvalue weighted by molar-refractivity contribution is 0.873. The molecule has 1 aliphatic rings. The third kappa shape index (κ3) is 1.83. The first-order valence-electron chi connectivity index (χ1n) is 4.80. The third-order valence-corrected chi connectivity index (χ3v) is 2.82. The smallest absolute Gasteiger partial charge is 0.147 e. The summed E-state index contributed by atoms with van der Waals surface area (Å²) in [4.78, 5) is 6.56. The van der Waals surface area contributed by atoms with E-state index in [2.05, 4.69) is 9.88 Å². The maximum Gasteiger partial charge on any atom is 0.147 e. The molecule has 0 radical (unpaired) electrons. The molecule has 0 amide bonds. The molecule has 1 saturated carbocycles. The lowest BCUT2D eigenvalue weighted by Gasteiger charge is -2.19. The molecule has 1 fully saturated rings. The Hall–Kier alpha value is -0.800. The predicted octanol–water partition coefficient (Wildman–Crippen LogP) is 1.79. The van der Waals surface area contributed by atoms with E-state index in [0.717, 1.165) is 11.5 Å². The Morgan fingerprint density at radius 2 is 2.29 bits per heavy atom. The lowest BCUT2D eigenvalue weighted by atomic mass is 10.3. The van der Waals surface area contributed by atoms with Crippen molar-refractivity contribution in [1.29, 1.82) is 0 Å². The molecule has 1 aliphatic carbocycles. The van der Waals surface area contributed by atoms with E-state index >= 15 is 0 Å². The summed E-state index contributed by atoms with van der Waals surface area (Å²) in [6, 6.07) is 4.35. The summed E-state index contributed by atoms with van der Waals surface area (Å²) in [6.45, 7) is 0.461. The van der Waals surface area contributed by atoms with Gasteiger partial charge in [0.05, 0.1) is 10.7 Å². The van der Waals surface area contributed by atoms with Crippen LogP contribution in [0.5, 0.6) is 0 Å². The van der Waals surface area contributed by atoms with Crippen molar-refractivity contribution in [3.05, 3.63) is 22.8 Å². The van der Waals surface area contributed by atoms with Gasteiger partial charge in [0.1, 0.15) is 5.82 Å². The summed E-state index contributed by atoms with van der Waals surface area (Å²) in [5.74, 6) is 0.858. The average Bonchev–Trinajstić information content (AvgIpc) is 3.01. The van der Waals surface area contributed by atoms with Gasteiger partial charge in [-0.25, -0.2) is 4.98 Å². The topological polar surface area (TPSA) is 42.2 Å². The highest BCUT2D eigenvalue weighted by atomic mass is 35.5. The van der Waals surface area contributed by atoms with Crippen LogP contribution in [0.1, 0.15) is 18.5 Å². The Bertz CT molecular complexity index is 336. The van der Waals surface area contributed by atoms with Gasteiger partial charge in [-0.1, -0.05) is 11.6 Å². The van der Waals surface area contributed by atoms with Gasteiger partial charge in [-0.15, -0.1) is 0 Å². The molecular weight excluding hydrogens is 198 g/mol. The zero-order valence-corrected chi connectivity index (χ0v) is 8.96. The molecule has 1 aromatic rings. The van der Waals surface area contributed by atoms with Crippen molar-refractivity contribution in [2.24, 2.45) is 5.73 Å². The van der Waals surface area contributed by atoms with Crippen molar-refractivity contribution in [2.75, 3.05) is 11.9 Å². The number of hydrogen-bond acceptors (Lipinski definition) is 3. The minimum absolute atomic E-state index is 0.461. The van der Waals surface area contributed by atoms with Crippen LogP contribution < -0.4 is 10.6 Å². The van der Waals surface area contributed by atoms with E-state index in [4.69, 9.17) is 17.3 Å². The van der Waals surface area contributed by atoms with Crippen molar-refractivity contribution < 1.29 is 0 Å². The second-order valence-electron chi connectivity index (χ2n) is 3.65. The van der Waals surface area contributed by atoms with Gasteiger partial charge >= 0.3 is 0 Å². The van der Waals surface area contributed by atoms with E-state index in [1.54, 1.807) is 0 Å². The van der Waals surface area contributed by atoms with Gasteiger partial charge in [0.2, 0.25) is 0 Å². The van der Waals surface area contributed by atoms with Crippen LogP contribution in [0.2, 0.25) is 5.02 Å². The van der Waals surface area contributed by atoms with Crippen LogP contribution >= 0.6 is 11.6 Å². The van der Waals surface area contributed by atoms with Crippen LogP contribution in [0, 0.1) is 0 Å². The van der Waals surface area contributed by atoms with Crippen LogP contribution in [-0.4, -0.2) is 18.1 Å². The summed E-state index contributed by atoms with van der Waals surface area (Å²) >= 11 is 6.07. The van der Waals surface area contributed by atoms with Gasteiger partial charge < -0.3 is 10.6 Å². The highest BCUT2D eigenvalue weighted by Crippen LogP contribution is 2.32. The van der Waals surface area contributed by atoms with E-state index in [1.807, 2.05) is 19.2 Å². The van der Waals surface area contributed by atoms with Crippen LogP contribution in [0.3, 0.4) is 0 Å². The molecule has 0 atom stereocenters. The normalized spacial score (nSPS) is 15.6. The minimum Gasteiger partial charge on any atom is -0.355 e. The molecule has 0 bridgehead atoms.